The third kappa shape index (κ3) is 2.83. The predicted molar refractivity (Wildman–Crippen MR) is 103 cm³/mol. The maximum Gasteiger partial charge on any atom is 0.255 e. The summed E-state index contributed by atoms with van der Waals surface area (Å²) in [6.07, 6.45) is 7.15. The molecule has 6 heteroatoms. The molecule has 0 bridgehead atoms. The van der Waals surface area contributed by atoms with Crippen LogP contribution in [-0.2, 0) is 0 Å². The quantitative estimate of drug-likeness (QED) is 0.552. The molecule has 1 aliphatic rings. The minimum Gasteiger partial charge on any atom is -0.339 e. The number of piperidine rings is 1. The number of likely N-dealkylation sites (tertiary alicyclic amines) is 1. The highest BCUT2D eigenvalue weighted by Crippen LogP contribution is 2.28. The fraction of sp³-hybridized carbons (Fsp3) is 0.238. The van der Waals surface area contributed by atoms with Gasteiger partial charge in [0.25, 0.3) is 5.91 Å². The van der Waals surface area contributed by atoms with Crippen molar-refractivity contribution in [1.29, 1.82) is 0 Å². The molecule has 6 nitrogen and oxygen atoms in total. The van der Waals surface area contributed by atoms with Gasteiger partial charge in [0.1, 0.15) is 0 Å². The van der Waals surface area contributed by atoms with Gasteiger partial charge in [-0.2, -0.15) is 5.10 Å². The molecule has 1 amide bonds. The molecule has 1 aromatic carbocycles. The van der Waals surface area contributed by atoms with E-state index in [1.165, 1.54) is 5.69 Å². The van der Waals surface area contributed by atoms with Gasteiger partial charge in [0, 0.05) is 48.5 Å². The summed E-state index contributed by atoms with van der Waals surface area (Å²) in [5.74, 6) is 0.444. The summed E-state index contributed by atoms with van der Waals surface area (Å²) >= 11 is 0. The lowest BCUT2D eigenvalue weighted by atomic mass is 9.93. The summed E-state index contributed by atoms with van der Waals surface area (Å²) in [6, 6.07) is 13.8. The highest BCUT2D eigenvalue weighted by Gasteiger charge is 2.26. The molecule has 0 saturated carbocycles. The van der Waals surface area contributed by atoms with Gasteiger partial charge in [0.05, 0.1) is 17.3 Å². The van der Waals surface area contributed by atoms with Gasteiger partial charge in [-0.1, -0.05) is 18.2 Å². The number of aromatic nitrogens is 4. The van der Waals surface area contributed by atoms with Gasteiger partial charge in [-0.05, 0) is 31.0 Å². The molecule has 1 saturated heterocycles. The van der Waals surface area contributed by atoms with Crippen molar-refractivity contribution in [3.8, 4) is 0 Å². The molecule has 3 aromatic heterocycles. The summed E-state index contributed by atoms with van der Waals surface area (Å²) < 4.78 is 1.91. The molecule has 134 valence electrons. The standard InChI is InChI=1S/C21H19N5O/c27-21(17-13-16-3-1-2-4-18(16)23-14-17)25-11-7-15(8-12-25)19-5-9-22-20-6-10-24-26(19)20/h1-6,9-10,13-15H,7-8,11-12H2. The van der Waals surface area contributed by atoms with Crippen molar-refractivity contribution >= 4 is 22.5 Å². The van der Waals surface area contributed by atoms with Gasteiger partial charge in [0.2, 0.25) is 0 Å². The number of amides is 1. The fourth-order valence-electron chi connectivity index (χ4n) is 3.91. The molecule has 0 radical (unpaired) electrons. The lowest BCUT2D eigenvalue weighted by molar-refractivity contribution is 0.0711. The first kappa shape index (κ1) is 15.9. The Hall–Kier alpha value is -3.28. The van der Waals surface area contributed by atoms with Gasteiger partial charge in [-0.3, -0.25) is 9.78 Å². The lowest BCUT2D eigenvalue weighted by Crippen LogP contribution is -2.38. The first-order valence-electron chi connectivity index (χ1n) is 9.22. The van der Waals surface area contributed by atoms with Crippen LogP contribution in [-0.4, -0.2) is 43.5 Å². The molecular weight excluding hydrogens is 338 g/mol. The molecule has 4 aromatic rings. The average Bonchev–Trinajstić information content (AvgIpc) is 3.22. The Kier molecular flexibility index (Phi) is 3.81. The Balaban J connectivity index is 1.33. The number of para-hydroxylation sites is 1. The van der Waals surface area contributed by atoms with Crippen LogP contribution >= 0.6 is 0 Å². The first-order chi connectivity index (χ1) is 13.3. The molecule has 27 heavy (non-hydrogen) atoms. The molecular formula is C21H19N5O. The number of rotatable bonds is 2. The number of benzene rings is 1. The van der Waals surface area contributed by atoms with Crippen molar-refractivity contribution in [3.05, 3.63) is 72.3 Å². The highest BCUT2D eigenvalue weighted by atomic mass is 16.2. The van der Waals surface area contributed by atoms with Gasteiger partial charge < -0.3 is 4.90 Å². The second-order valence-corrected chi connectivity index (χ2v) is 6.95. The van der Waals surface area contributed by atoms with Crippen LogP contribution in [0, 0.1) is 0 Å². The Bertz CT molecular complexity index is 1130. The fourth-order valence-corrected chi connectivity index (χ4v) is 3.91. The minimum absolute atomic E-state index is 0.0608. The predicted octanol–water partition coefficient (Wildman–Crippen LogP) is 3.30. The largest absolute Gasteiger partial charge is 0.339 e. The Morgan fingerprint density at radius 1 is 1.00 bits per heavy atom. The number of fused-ring (bicyclic) bond motifs is 2. The van der Waals surface area contributed by atoms with Gasteiger partial charge in [0.15, 0.2) is 5.65 Å². The van der Waals surface area contributed by atoms with Crippen LogP contribution in [0.1, 0.15) is 34.8 Å². The summed E-state index contributed by atoms with van der Waals surface area (Å²) in [7, 11) is 0. The zero-order chi connectivity index (χ0) is 18.2. The normalized spacial score (nSPS) is 15.5. The number of hydrogen-bond acceptors (Lipinski definition) is 4. The maximum absolute atomic E-state index is 12.9. The van der Waals surface area contributed by atoms with E-state index >= 15 is 0 Å². The zero-order valence-electron chi connectivity index (χ0n) is 14.8. The second kappa shape index (κ2) is 6.46. The van der Waals surface area contributed by atoms with E-state index in [1.54, 1.807) is 12.4 Å². The van der Waals surface area contributed by atoms with Crippen LogP contribution in [0.25, 0.3) is 16.6 Å². The molecule has 0 N–H and O–H groups in total. The molecule has 0 atom stereocenters. The molecule has 0 aliphatic carbocycles. The van der Waals surface area contributed by atoms with E-state index in [0.717, 1.165) is 42.5 Å². The first-order valence-corrected chi connectivity index (χ1v) is 9.22. The van der Waals surface area contributed by atoms with Gasteiger partial charge in [-0.15, -0.1) is 0 Å². The number of carbonyl (C=O) groups is 1. The molecule has 0 unspecified atom stereocenters. The van der Waals surface area contributed by atoms with Crippen molar-refractivity contribution in [2.75, 3.05) is 13.1 Å². The number of carbonyl (C=O) groups excluding carboxylic acids is 1. The smallest absolute Gasteiger partial charge is 0.255 e. The van der Waals surface area contributed by atoms with Crippen LogP contribution in [0.3, 0.4) is 0 Å². The number of pyridine rings is 1. The highest BCUT2D eigenvalue weighted by molar-refractivity contribution is 5.97. The third-order valence-electron chi connectivity index (χ3n) is 5.36. The van der Waals surface area contributed by atoms with Crippen molar-refractivity contribution in [2.24, 2.45) is 0 Å². The topological polar surface area (TPSA) is 63.4 Å². The number of nitrogens with zero attached hydrogens (tertiary/aromatic N) is 5. The summed E-state index contributed by atoms with van der Waals surface area (Å²) in [5, 5.41) is 5.39. The summed E-state index contributed by atoms with van der Waals surface area (Å²) in [6.45, 7) is 1.48. The van der Waals surface area contributed by atoms with E-state index < -0.39 is 0 Å². The molecule has 0 spiro atoms. The van der Waals surface area contributed by atoms with Crippen LogP contribution in [0.5, 0.6) is 0 Å². The van der Waals surface area contributed by atoms with E-state index in [2.05, 4.69) is 15.1 Å². The monoisotopic (exact) mass is 357 g/mol. The van der Waals surface area contributed by atoms with Gasteiger partial charge >= 0.3 is 0 Å². The van der Waals surface area contributed by atoms with E-state index in [1.807, 2.05) is 58.1 Å². The Labute approximate surface area is 156 Å². The van der Waals surface area contributed by atoms with Crippen LogP contribution in [0.4, 0.5) is 0 Å². The van der Waals surface area contributed by atoms with Crippen LogP contribution in [0.15, 0.2) is 61.1 Å². The van der Waals surface area contributed by atoms with E-state index in [4.69, 9.17) is 0 Å². The Morgan fingerprint density at radius 2 is 1.85 bits per heavy atom. The van der Waals surface area contributed by atoms with Crippen LogP contribution in [0.2, 0.25) is 0 Å². The average molecular weight is 357 g/mol. The Morgan fingerprint density at radius 3 is 2.74 bits per heavy atom. The van der Waals surface area contributed by atoms with Crippen LogP contribution < -0.4 is 0 Å². The maximum atomic E-state index is 12.9. The zero-order valence-corrected chi connectivity index (χ0v) is 14.8. The SMILES string of the molecule is O=C(c1cnc2ccccc2c1)N1CCC(c2ccnc3ccnn23)CC1. The summed E-state index contributed by atoms with van der Waals surface area (Å²) in [4.78, 5) is 23.6. The van der Waals surface area contributed by atoms with Crippen molar-refractivity contribution in [2.45, 2.75) is 18.8 Å². The van der Waals surface area contributed by atoms with Gasteiger partial charge in [-0.25, -0.2) is 9.50 Å². The minimum atomic E-state index is 0.0608. The van der Waals surface area contributed by atoms with Crippen molar-refractivity contribution in [3.63, 3.8) is 0 Å². The molecule has 1 aliphatic heterocycles. The number of hydrogen-bond donors (Lipinski definition) is 0. The summed E-state index contributed by atoms with van der Waals surface area (Å²) in [5.41, 5.74) is 3.61. The van der Waals surface area contributed by atoms with Crippen molar-refractivity contribution < 1.29 is 4.79 Å². The molecule has 1 fully saturated rings. The molecule has 5 rings (SSSR count). The van der Waals surface area contributed by atoms with E-state index in [-0.39, 0.29) is 5.91 Å². The third-order valence-corrected chi connectivity index (χ3v) is 5.36. The van der Waals surface area contributed by atoms with E-state index in [9.17, 15) is 4.79 Å². The van der Waals surface area contributed by atoms with E-state index in [0.29, 0.717) is 11.5 Å². The van der Waals surface area contributed by atoms with Crippen molar-refractivity contribution in [1.82, 2.24) is 24.5 Å². The lowest BCUT2D eigenvalue weighted by Gasteiger charge is -2.32. The molecule has 4 heterocycles. The second-order valence-electron chi connectivity index (χ2n) is 6.95.